The van der Waals surface area contributed by atoms with Crippen molar-refractivity contribution in [1.29, 1.82) is 0 Å². The van der Waals surface area contributed by atoms with Crippen LogP contribution in [0.25, 0.3) is 43.1 Å². The van der Waals surface area contributed by atoms with E-state index in [0.29, 0.717) is 11.8 Å². The Morgan fingerprint density at radius 2 is 1.18 bits per heavy atom. The Morgan fingerprint density at radius 1 is 0.618 bits per heavy atom. The maximum Gasteiger partial charge on any atom is 0.127 e. The van der Waals surface area contributed by atoms with Gasteiger partial charge in [0.15, 0.2) is 0 Å². The molecule has 0 radical (unpaired) electrons. The molecule has 0 amide bonds. The lowest BCUT2D eigenvalue weighted by Gasteiger charge is -2.33. The van der Waals surface area contributed by atoms with Crippen molar-refractivity contribution in [3.8, 4) is 11.5 Å². The van der Waals surface area contributed by atoms with E-state index in [1.54, 1.807) is 0 Å². The molecule has 0 unspecified atom stereocenters. The van der Waals surface area contributed by atoms with Crippen LogP contribution in [0.15, 0.2) is 60.7 Å². The first-order valence-corrected chi connectivity index (χ1v) is 13.2. The van der Waals surface area contributed by atoms with Gasteiger partial charge >= 0.3 is 0 Å². The Labute approximate surface area is 201 Å². The molecule has 34 heavy (non-hydrogen) atoms. The van der Waals surface area contributed by atoms with E-state index in [2.05, 4.69) is 67.6 Å². The summed E-state index contributed by atoms with van der Waals surface area (Å²) in [6, 6.07) is 22.2. The van der Waals surface area contributed by atoms with E-state index in [1.165, 1.54) is 81.6 Å². The fourth-order valence-corrected chi connectivity index (χ4v) is 6.98. The van der Waals surface area contributed by atoms with E-state index in [-0.39, 0.29) is 0 Å². The molecule has 2 aliphatic rings. The molecule has 5 aromatic rings. The molecule has 0 N–H and O–H groups in total. The fourth-order valence-electron chi connectivity index (χ4n) is 6.98. The third-order valence-corrected chi connectivity index (χ3v) is 8.72. The van der Waals surface area contributed by atoms with Gasteiger partial charge in [0, 0.05) is 27.5 Å². The first-order valence-electron chi connectivity index (χ1n) is 13.2. The van der Waals surface area contributed by atoms with Crippen molar-refractivity contribution in [3.63, 3.8) is 0 Å². The second-order valence-electron chi connectivity index (χ2n) is 10.6. The van der Waals surface area contributed by atoms with Gasteiger partial charge in [-0.25, -0.2) is 0 Å². The SMILES string of the molecule is CCCC1CCC(C2COc3ccc4cccc5c6cccc7ccc(c(c3c45)c76)OC2)CC1. The van der Waals surface area contributed by atoms with Gasteiger partial charge < -0.3 is 9.47 Å². The third kappa shape index (κ3) is 3.07. The van der Waals surface area contributed by atoms with Crippen LogP contribution in [-0.4, -0.2) is 13.2 Å². The van der Waals surface area contributed by atoms with E-state index < -0.39 is 0 Å². The number of hydrogen-bond acceptors (Lipinski definition) is 2. The van der Waals surface area contributed by atoms with Crippen LogP contribution in [-0.2, 0) is 0 Å². The summed E-state index contributed by atoms with van der Waals surface area (Å²) >= 11 is 0. The highest BCUT2D eigenvalue weighted by molar-refractivity contribution is 6.35. The van der Waals surface area contributed by atoms with E-state index >= 15 is 0 Å². The van der Waals surface area contributed by atoms with Crippen molar-refractivity contribution in [3.05, 3.63) is 60.7 Å². The van der Waals surface area contributed by atoms with Gasteiger partial charge in [-0.3, -0.25) is 0 Å². The Bertz CT molecular complexity index is 1390. The maximum absolute atomic E-state index is 6.71. The molecule has 0 saturated heterocycles. The molecular weight excluding hydrogens is 416 g/mol. The molecule has 7 rings (SSSR count). The van der Waals surface area contributed by atoms with Gasteiger partial charge in [0.2, 0.25) is 0 Å². The van der Waals surface area contributed by atoms with E-state index in [0.717, 1.165) is 30.6 Å². The summed E-state index contributed by atoms with van der Waals surface area (Å²) in [7, 11) is 0. The standard InChI is InChI=1S/C32H32O2/c1-2-5-20-10-12-21(13-11-20)24-18-33-27-16-14-22-6-3-8-25-26-9-4-7-23-15-17-28(34-19-24)32(30(23)26)31(27)29(22)25/h3-4,6-9,14-17,20-21,24H,2,5,10-13,18-19H2,1H3. The van der Waals surface area contributed by atoms with E-state index in [4.69, 9.17) is 9.47 Å². The molecule has 2 nitrogen and oxygen atoms in total. The first kappa shape index (κ1) is 20.4. The third-order valence-electron chi connectivity index (χ3n) is 8.72. The minimum Gasteiger partial charge on any atom is -0.492 e. The average Bonchev–Trinajstić information content (AvgIpc) is 2.96. The molecule has 0 aromatic heterocycles. The van der Waals surface area contributed by atoms with Crippen LogP contribution in [0.5, 0.6) is 11.5 Å². The molecule has 2 heteroatoms. The number of benzene rings is 5. The van der Waals surface area contributed by atoms with E-state index in [9.17, 15) is 0 Å². The first-order chi connectivity index (χ1) is 16.8. The van der Waals surface area contributed by atoms with Crippen LogP contribution in [0.3, 0.4) is 0 Å². The number of ether oxygens (including phenoxy) is 2. The summed E-state index contributed by atoms with van der Waals surface area (Å²) in [4.78, 5) is 0. The van der Waals surface area contributed by atoms with Crippen LogP contribution < -0.4 is 9.47 Å². The highest BCUT2D eigenvalue weighted by Gasteiger charge is 2.30. The summed E-state index contributed by atoms with van der Waals surface area (Å²) in [6.45, 7) is 3.79. The Morgan fingerprint density at radius 3 is 1.71 bits per heavy atom. The monoisotopic (exact) mass is 448 g/mol. The van der Waals surface area contributed by atoms with Gasteiger partial charge in [-0.15, -0.1) is 0 Å². The zero-order valence-corrected chi connectivity index (χ0v) is 20.0. The molecule has 0 atom stereocenters. The Kier molecular flexibility index (Phi) is 4.82. The van der Waals surface area contributed by atoms with Crippen molar-refractivity contribution < 1.29 is 9.47 Å². The molecule has 5 aromatic carbocycles. The van der Waals surface area contributed by atoms with Gasteiger partial charge in [0.05, 0.1) is 13.2 Å². The second kappa shape index (κ2) is 8.05. The van der Waals surface area contributed by atoms with Crippen molar-refractivity contribution in [1.82, 2.24) is 0 Å². The lowest BCUT2D eigenvalue weighted by atomic mass is 9.75. The fraction of sp³-hybridized carbons (Fsp3) is 0.375. The Hall–Kier alpha value is -3.00. The van der Waals surface area contributed by atoms with Gasteiger partial charge in [-0.1, -0.05) is 81.1 Å². The average molecular weight is 449 g/mol. The van der Waals surface area contributed by atoms with Gasteiger partial charge in [0.1, 0.15) is 11.5 Å². The molecule has 1 saturated carbocycles. The molecule has 0 bridgehead atoms. The van der Waals surface area contributed by atoms with E-state index in [1.807, 2.05) is 0 Å². The zero-order chi connectivity index (χ0) is 22.6. The van der Waals surface area contributed by atoms with Crippen molar-refractivity contribution >= 4 is 43.1 Å². The molecule has 1 aliphatic carbocycles. The number of fused-ring (bicyclic) bond motifs is 1. The van der Waals surface area contributed by atoms with Crippen molar-refractivity contribution in [2.75, 3.05) is 13.2 Å². The summed E-state index contributed by atoms with van der Waals surface area (Å²) in [6.07, 6.45) is 8.05. The lowest BCUT2D eigenvalue weighted by Crippen LogP contribution is -2.30. The molecule has 1 heterocycles. The normalized spacial score (nSPS) is 21.6. The minimum absolute atomic E-state index is 0.430. The maximum atomic E-state index is 6.71. The predicted octanol–water partition coefficient (Wildman–Crippen LogP) is 8.73. The highest BCUT2D eigenvalue weighted by atomic mass is 16.5. The molecular formula is C32H32O2. The molecule has 1 aliphatic heterocycles. The summed E-state index contributed by atoms with van der Waals surface area (Å²) in [5, 5.41) is 10.2. The van der Waals surface area contributed by atoms with Gasteiger partial charge in [0.25, 0.3) is 0 Å². The van der Waals surface area contributed by atoms with Gasteiger partial charge in [-0.2, -0.15) is 0 Å². The second-order valence-corrected chi connectivity index (χ2v) is 10.6. The minimum atomic E-state index is 0.430. The number of rotatable bonds is 3. The van der Waals surface area contributed by atoms with Crippen molar-refractivity contribution in [2.24, 2.45) is 17.8 Å². The van der Waals surface area contributed by atoms with Crippen molar-refractivity contribution in [2.45, 2.75) is 45.4 Å². The molecule has 0 spiro atoms. The molecule has 172 valence electrons. The smallest absolute Gasteiger partial charge is 0.127 e. The summed E-state index contributed by atoms with van der Waals surface area (Å²) in [5.41, 5.74) is 0. The topological polar surface area (TPSA) is 18.5 Å². The van der Waals surface area contributed by atoms with Crippen LogP contribution in [0.4, 0.5) is 0 Å². The lowest BCUT2D eigenvalue weighted by molar-refractivity contribution is 0.0984. The Balaban J connectivity index is 1.39. The van der Waals surface area contributed by atoms with Crippen LogP contribution in [0.2, 0.25) is 0 Å². The predicted molar refractivity (Wildman–Crippen MR) is 142 cm³/mol. The number of hydrogen-bond donors (Lipinski definition) is 0. The highest BCUT2D eigenvalue weighted by Crippen LogP contribution is 2.48. The largest absolute Gasteiger partial charge is 0.492 e. The summed E-state index contributed by atoms with van der Waals surface area (Å²) < 4.78 is 13.4. The van der Waals surface area contributed by atoms with Crippen LogP contribution >= 0.6 is 0 Å². The molecule has 1 fully saturated rings. The van der Waals surface area contributed by atoms with Gasteiger partial charge in [-0.05, 0) is 58.4 Å². The zero-order valence-electron chi connectivity index (χ0n) is 20.0. The summed E-state index contributed by atoms with van der Waals surface area (Å²) in [5.74, 6) is 4.07. The van der Waals surface area contributed by atoms with Crippen LogP contribution in [0.1, 0.15) is 45.4 Å². The van der Waals surface area contributed by atoms with Crippen LogP contribution in [0, 0.1) is 17.8 Å². The quantitative estimate of drug-likeness (QED) is 0.203.